The molecule has 0 aliphatic heterocycles. The van der Waals surface area contributed by atoms with E-state index in [4.69, 9.17) is 0 Å². The van der Waals surface area contributed by atoms with E-state index in [1.165, 1.54) is 12.1 Å². The first-order valence-electron chi connectivity index (χ1n) is 7.23. The van der Waals surface area contributed by atoms with Crippen LogP contribution in [0.4, 0.5) is 4.39 Å². The molecule has 114 valence electrons. The van der Waals surface area contributed by atoms with Crippen LogP contribution in [0.25, 0.3) is 11.1 Å². The zero-order valence-electron chi connectivity index (χ0n) is 12.3. The van der Waals surface area contributed by atoms with Crippen molar-refractivity contribution in [2.24, 2.45) is 0 Å². The van der Waals surface area contributed by atoms with Crippen molar-refractivity contribution in [3.05, 3.63) is 89.7 Å². The molecule has 1 atom stereocenters. The summed E-state index contributed by atoms with van der Waals surface area (Å²) in [5, 5.41) is 0.282. The third-order valence-corrected chi connectivity index (χ3v) is 4.56. The number of halogens is 1. The van der Waals surface area contributed by atoms with Crippen LogP contribution in [0.5, 0.6) is 0 Å². The van der Waals surface area contributed by atoms with E-state index in [-0.39, 0.29) is 11.1 Å². The minimum atomic E-state index is -2.55. The topological polar surface area (TPSA) is 37.3 Å². The first-order valence-corrected chi connectivity index (χ1v) is 8.45. The third-order valence-electron chi connectivity index (χ3n) is 3.73. The van der Waals surface area contributed by atoms with Gasteiger partial charge in [0.05, 0.1) is 0 Å². The number of rotatable bonds is 4. The van der Waals surface area contributed by atoms with Crippen LogP contribution in [0.1, 0.15) is 11.1 Å². The van der Waals surface area contributed by atoms with Crippen molar-refractivity contribution >= 4 is 13.3 Å². The largest absolute Gasteiger partial charge is 0.546 e. The molecule has 0 spiro atoms. The van der Waals surface area contributed by atoms with E-state index in [1.807, 2.05) is 48.5 Å². The Bertz CT molecular complexity index is 833. The second-order valence-electron chi connectivity index (χ2n) is 5.22. The van der Waals surface area contributed by atoms with E-state index < -0.39 is 8.03 Å². The minimum absolute atomic E-state index is 0.282. The first kappa shape index (κ1) is 15.5. The zero-order valence-corrected chi connectivity index (χ0v) is 13.2. The van der Waals surface area contributed by atoms with Gasteiger partial charge in [-0.1, -0.05) is 60.7 Å². The van der Waals surface area contributed by atoms with Gasteiger partial charge >= 0.3 is 8.03 Å². The van der Waals surface area contributed by atoms with E-state index in [2.05, 4.69) is 0 Å². The van der Waals surface area contributed by atoms with Crippen LogP contribution in [0.3, 0.4) is 0 Å². The summed E-state index contributed by atoms with van der Waals surface area (Å²) in [6.45, 7) is 0. The van der Waals surface area contributed by atoms with Crippen LogP contribution in [0, 0.1) is 5.82 Å². The Balaban J connectivity index is 2.21. The van der Waals surface area contributed by atoms with E-state index >= 15 is 0 Å². The standard InChI is InChI=1S/C19H14FO2P/c20-17-11-12-18(23(21)22)16(13-14-7-3-1-4-8-14)19(17)15-9-5-2-6-10-15/h1-12H,13H2/p+1. The van der Waals surface area contributed by atoms with Gasteiger partial charge in [-0.2, -0.15) is 4.89 Å². The second kappa shape index (κ2) is 6.82. The van der Waals surface area contributed by atoms with Crippen LogP contribution < -0.4 is 5.30 Å². The Kier molecular flexibility index (Phi) is 4.61. The van der Waals surface area contributed by atoms with Gasteiger partial charge in [0.2, 0.25) is 5.30 Å². The Morgan fingerprint density at radius 1 is 0.870 bits per heavy atom. The molecule has 1 N–H and O–H groups in total. The predicted molar refractivity (Wildman–Crippen MR) is 90.5 cm³/mol. The molecule has 0 bridgehead atoms. The normalized spacial score (nSPS) is 11.3. The maximum absolute atomic E-state index is 14.5. The lowest BCUT2D eigenvalue weighted by atomic mass is 9.94. The van der Waals surface area contributed by atoms with Gasteiger partial charge in [-0.05, 0) is 27.8 Å². The molecule has 4 heteroatoms. The zero-order chi connectivity index (χ0) is 16.2. The molecule has 2 nitrogen and oxygen atoms in total. The van der Waals surface area contributed by atoms with Gasteiger partial charge in [-0.15, -0.1) is 0 Å². The molecule has 0 aromatic heterocycles. The van der Waals surface area contributed by atoms with Gasteiger partial charge in [0, 0.05) is 17.5 Å². The number of hydrogen-bond acceptors (Lipinski definition) is 1. The average molecular weight is 325 g/mol. The summed E-state index contributed by atoms with van der Waals surface area (Å²) in [4.78, 5) is 9.63. The maximum atomic E-state index is 14.5. The Labute approximate surface area is 135 Å². The van der Waals surface area contributed by atoms with E-state index in [0.717, 1.165) is 5.56 Å². The van der Waals surface area contributed by atoms with Gasteiger partial charge in [0.15, 0.2) is 0 Å². The summed E-state index contributed by atoms with van der Waals surface area (Å²) in [5.41, 5.74) is 2.62. The summed E-state index contributed by atoms with van der Waals surface area (Å²) in [7, 11) is -2.55. The molecule has 0 amide bonds. The molecule has 0 fully saturated rings. The highest BCUT2D eigenvalue weighted by Gasteiger charge is 2.27. The molecule has 0 aliphatic rings. The van der Waals surface area contributed by atoms with Gasteiger partial charge in [0.25, 0.3) is 0 Å². The predicted octanol–water partition coefficient (Wildman–Crippen LogP) is 4.44. The molecule has 3 aromatic rings. The minimum Gasteiger partial charge on any atom is -0.206 e. The van der Waals surface area contributed by atoms with Crippen molar-refractivity contribution in [3.63, 3.8) is 0 Å². The molecule has 3 aromatic carbocycles. The fourth-order valence-corrected chi connectivity index (χ4v) is 3.31. The number of hydrogen-bond donors (Lipinski definition) is 1. The molecule has 1 unspecified atom stereocenters. The molecule has 23 heavy (non-hydrogen) atoms. The highest BCUT2D eigenvalue weighted by molar-refractivity contribution is 7.47. The van der Waals surface area contributed by atoms with Crippen molar-refractivity contribution < 1.29 is 13.8 Å². The summed E-state index contributed by atoms with van der Waals surface area (Å²) in [5.74, 6) is -0.386. The molecule has 0 heterocycles. The molecule has 0 aliphatic carbocycles. The van der Waals surface area contributed by atoms with Crippen LogP contribution in [-0.2, 0) is 11.0 Å². The van der Waals surface area contributed by atoms with Crippen molar-refractivity contribution in [2.45, 2.75) is 6.42 Å². The molecule has 0 saturated carbocycles. The van der Waals surface area contributed by atoms with Crippen molar-refractivity contribution in [3.8, 4) is 11.1 Å². The Morgan fingerprint density at radius 2 is 1.48 bits per heavy atom. The molecular weight excluding hydrogens is 310 g/mol. The van der Waals surface area contributed by atoms with Crippen LogP contribution in [0.2, 0.25) is 0 Å². The van der Waals surface area contributed by atoms with Gasteiger partial charge in [-0.3, -0.25) is 0 Å². The smallest absolute Gasteiger partial charge is 0.206 e. The molecular formula is C19H15FO2P+. The lowest BCUT2D eigenvalue weighted by Crippen LogP contribution is -2.10. The van der Waals surface area contributed by atoms with E-state index in [1.54, 1.807) is 12.1 Å². The summed E-state index contributed by atoms with van der Waals surface area (Å²) < 4.78 is 26.2. The van der Waals surface area contributed by atoms with Gasteiger partial charge in [0.1, 0.15) is 5.82 Å². The van der Waals surface area contributed by atoms with Gasteiger partial charge in [-0.25, -0.2) is 4.39 Å². The molecule has 0 radical (unpaired) electrons. The van der Waals surface area contributed by atoms with Gasteiger partial charge < -0.3 is 0 Å². The second-order valence-corrected chi connectivity index (χ2v) is 6.25. The summed E-state index contributed by atoms with van der Waals surface area (Å²) >= 11 is 0. The quantitative estimate of drug-likeness (QED) is 0.720. The highest BCUT2D eigenvalue weighted by atomic mass is 31.1. The fourth-order valence-electron chi connectivity index (χ4n) is 2.68. The summed E-state index contributed by atoms with van der Waals surface area (Å²) in [6, 6.07) is 21.3. The third kappa shape index (κ3) is 3.37. The van der Waals surface area contributed by atoms with E-state index in [0.29, 0.717) is 23.1 Å². The molecule has 0 saturated heterocycles. The average Bonchev–Trinajstić information content (AvgIpc) is 2.56. The lowest BCUT2D eigenvalue weighted by Gasteiger charge is -2.11. The highest BCUT2D eigenvalue weighted by Crippen LogP contribution is 2.31. The SMILES string of the molecule is O=[P+](O)c1ccc(F)c(-c2ccccc2)c1Cc1ccccc1. The summed E-state index contributed by atoms with van der Waals surface area (Å²) in [6.07, 6.45) is 0.403. The maximum Gasteiger partial charge on any atom is 0.546 e. The fraction of sp³-hybridized carbons (Fsp3) is 0.0526. The number of benzene rings is 3. The molecule has 3 rings (SSSR count). The first-order chi connectivity index (χ1) is 11.2. The van der Waals surface area contributed by atoms with E-state index in [9.17, 15) is 13.8 Å². The van der Waals surface area contributed by atoms with Crippen LogP contribution in [-0.4, -0.2) is 4.89 Å². The lowest BCUT2D eigenvalue weighted by molar-refractivity contribution is 0.513. The van der Waals surface area contributed by atoms with Crippen molar-refractivity contribution in [2.75, 3.05) is 0 Å². The van der Waals surface area contributed by atoms with Crippen LogP contribution >= 0.6 is 8.03 Å². The monoisotopic (exact) mass is 325 g/mol. The van der Waals surface area contributed by atoms with Crippen molar-refractivity contribution in [1.82, 2.24) is 0 Å². The Hall–Kier alpha value is -2.35. The van der Waals surface area contributed by atoms with Crippen molar-refractivity contribution in [1.29, 1.82) is 0 Å². The van der Waals surface area contributed by atoms with Crippen LogP contribution in [0.15, 0.2) is 72.8 Å². The Morgan fingerprint density at radius 3 is 2.09 bits per heavy atom.